The lowest BCUT2D eigenvalue weighted by molar-refractivity contribution is -0.170. The van der Waals surface area contributed by atoms with Crippen LogP contribution in [-0.2, 0) is 14.4 Å². The number of benzene rings is 1. The smallest absolute Gasteiger partial charge is 0.336 e. The Morgan fingerprint density at radius 2 is 1.48 bits per heavy atom. The number of hydrogen-bond acceptors (Lipinski definition) is 6. The van der Waals surface area contributed by atoms with Crippen molar-refractivity contribution in [2.75, 3.05) is 0 Å². The van der Waals surface area contributed by atoms with Gasteiger partial charge in [0.15, 0.2) is 11.9 Å². The quantitative estimate of drug-likeness (QED) is 0.438. The van der Waals surface area contributed by atoms with Gasteiger partial charge >= 0.3 is 17.9 Å². The molecule has 1 rings (SSSR count). The van der Waals surface area contributed by atoms with E-state index in [9.17, 15) is 14.4 Å². The lowest BCUT2D eigenvalue weighted by Crippen LogP contribution is -2.42. The molecule has 1 aromatic carbocycles. The van der Waals surface area contributed by atoms with Crippen molar-refractivity contribution in [3.8, 4) is 5.75 Å². The van der Waals surface area contributed by atoms with Crippen LogP contribution in [0.4, 0.5) is 0 Å². The average molecular weight is 330 g/mol. The van der Waals surface area contributed by atoms with Gasteiger partial charge in [-0.3, -0.25) is 9.59 Å². The third-order valence-electron chi connectivity index (χ3n) is 2.34. The fourth-order valence-corrected chi connectivity index (χ4v) is 1.41. The number of ether oxygens (including phenoxy) is 1. The van der Waals surface area contributed by atoms with Gasteiger partial charge in [0.2, 0.25) is 0 Å². The van der Waals surface area contributed by atoms with Crippen molar-refractivity contribution in [1.29, 1.82) is 0 Å². The van der Waals surface area contributed by atoms with Gasteiger partial charge in [0.25, 0.3) is 0 Å². The fourth-order valence-electron chi connectivity index (χ4n) is 1.41. The Morgan fingerprint density at radius 1 is 1.04 bits per heavy atom. The Hall–Kier alpha value is -2.65. The van der Waals surface area contributed by atoms with Crippen LogP contribution in [0.1, 0.15) is 19.8 Å². The molecule has 1 atom stereocenters. The molecule has 128 valence electrons. The highest BCUT2D eigenvalue weighted by molar-refractivity contribution is 5.88. The van der Waals surface area contributed by atoms with Gasteiger partial charge in [0, 0.05) is 0 Å². The molecule has 0 spiro atoms. The molecule has 0 radical (unpaired) electrons. The molecule has 1 aromatic rings. The third-order valence-corrected chi connectivity index (χ3v) is 2.34. The molecule has 9 nitrogen and oxygen atoms in total. The highest BCUT2D eigenvalue weighted by Crippen LogP contribution is 2.15. The van der Waals surface area contributed by atoms with Crippen LogP contribution < -0.4 is 4.74 Å². The maximum atomic E-state index is 10.3. The first kappa shape index (κ1) is 20.3. The van der Waals surface area contributed by atoms with Crippen LogP contribution in [0.15, 0.2) is 30.3 Å². The molecular weight excluding hydrogens is 312 g/mol. The van der Waals surface area contributed by atoms with E-state index in [2.05, 4.69) is 0 Å². The summed E-state index contributed by atoms with van der Waals surface area (Å²) in [6, 6.07) is 9.21. The summed E-state index contributed by atoms with van der Waals surface area (Å²) in [5.74, 6) is -4.33. The van der Waals surface area contributed by atoms with Crippen LogP contribution in [-0.4, -0.2) is 55.3 Å². The van der Waals surface area contributed by atoms with E-state index in [4.69, 9.17) is 30.3 Å². The number of rotatable bonds is 7. The molecule has 0 aliphatic heterocycles. The van der Waals surface area contributed by atoms with E-state index in [0.29, 0.717) is 5.75 Å². The van der Waals surface area contributed by atoms with Crippen LogP contribution >= 0.6 is 0 Å². The van der Waals surface area contributed by atoms with Crippen molar-refractivity contribution < 1.29 is 44.7 Å². The summed E-state index contributed by atoms with van der Waals surface area (Å²) in [5.41, 5.74) is -2.74. The largest absolute Gasteiger partial charge is 0.481 e. The van der Waals surface area contributed by atoms with Crippen LogP contribution in [0.2, 0.25) is 0 Å². The summed E-state index contributed by atoms with van der Waals surface area (Å²) in [4.78, 5) is 30.5. The summed E-state index contributed by atoms with van der Waals surface area (Å²) >= 11 is 0. The van der Waals surface area contributed by atoms with Crippen molar-refractivity contribution in [1.82, 2.24) is 0 Å². The molecule has 1 unspecified atom stereocenters. The van der Waals surface area contributed by atoms with Gasteiger partial charge in [-0.1, -0.05) is 18.2 Å². The minimum absolute atomic E-state index is 0.692. The number of aliphatic hydroxyl groups excluding tert-OH is 1. The van der Waals surface area contributed by atoms with E-state index in [0.717, 1.165) is 0 Å². The van der Waals surface area contributed by atoms with Crippen molar-refractivity contribution in [2.24, 2.45) is 0 Å². The van der Waals surface area contributed by atoms with Crippen molar-refractivity contribution >= 4 is 17.9 Å². The topological polar surface area (TPSA) is 162 Å². The summed E-state index contributed by atoms with van der Waals surface area (Å²) < 4.78 is 4.97. The summed E-state index contributed by atoms with van der Waals surface area (Å²) in [7, 11) is 0. The van der Waals surface area contributed by atoms with Gasteiger partial charge in [-0.05, 0) is 19.1 Å². The zero-order valence-corrected chi connectivity index (χ0v) is 12.2. The molecule has 0 heterocycles. The fraction of sp³-hybridized carbons (Fsp3) is 0.357. The molecule has 0 fully saturated rings. The van der Waals surface area contributed by atoms with E-state index in [1.807, 2.05) is 18.2 Å². The molecular formula is C14H18O9. The first-order valence-corrected chi connectivity index (χ1v) is 6.36. The Labute approximate surface area is 131 Å². The van der Waals surface area contributed by atoms with E-state index in [-0.39, 0.29) is 0 Å². The van der Waals surface area contributed by atoms with Crippen LogP contribution in [0, 0.1) is 0 Å². The second-order valence-electron chi connectivity index (χ2n) is 4.51. The van der Waals surface area contributed by atoms with Crippen molar-refractivity contribution in [3.63, 3.8) is 0 Å². The molecule has 0 saturated carbocycles. The molecule has 0 aliphatic carbocycles. The summed E-state index contributed by atoms with van der Waals surface area (Å²) in [6.07, 6.45) is -3.02. The molecule has 0 bridgehead atoms. The van der Waals surface area contributed by atoms with E-state index in [1.165, 1.54) is 0 Å². The second-order valence-corrected chi connectivity index (χ2v) is 4.51. The van der Waals surface area contributed by atoms with Crippen LogP contribution in [0.3, 0.4) is 0 Å². The molecule has 9 heteroatoms. The summed E-state index contributed by atoms with van der Waals surface area (Å²) in [6.45, 7) is 1.58. The molecule has 5 N–H and O–H groups in total. The minimum atomic E-state index is -2.74. The van der Waals surface area contributed by atoms with Gasteiger partial charge in [-0.2, -0.15) is 0 Å². The molecule has 0 aliphatic rings. The number of aliphatic hydroxyl groups is 2. The van der Waals surface area contributed by atoms with Gasteiger partial charge < -0.3 is 30.3 Å². The maximum absolute atomic E-state index is 10.3. The molecule has 0 amide bonds. The van der Waals surface area contributed by atoms with Gasteiger partial charge in [-0.15, -0.1) is 0 Å². The zero-order chi connectivity index (χ0) is 18.0. The minimum Gasteiger partial charge on any atom is -0.481 e. The first-order valence-electron chi connectivity index (χ1n) is 6.36. The molecule has 0 aromatic heterocycles. The number of aliphatic carboxylic acids is 3. The number of carboxylic acid groups (broad SMARTS) is 3. The summed E-state index contributed by atoms with van der Waals surface area (Å²) in [5, 5.41) is 42.6. The number of hydrogen-bond donors (Lipinski definition) is 5. The Kier molecular flexibility index (Phi) is 8.30. The monoisotopic (exact) mass is 330 g/mol. The average Bonchev–Trinajstić information content (AvgIpc) is 2.37. The zero-order valence-electron chi connectivity index (χ0n) is 12.2. The first-order chi connectivity index (χ1) is 10.6. The standard InChI is InChI=1S/C8H10O2.C6H8O7/c1-7(9)10-8-5-3-2-4-6-8;7-3(8)1-6(13,5(11)12)2-4(9)10/h2-7,9H,1H3;13H,1-2H2,(H,7,8)(H,9,10)(H,11,12). The Balaban J connectivity index is 0.000000433. The predicted octanol–water partition coefficient (Wildman–Crippen LogP) is 0.155. The number of carboxylic acids is 3. The van der Waals surface area contributed by atoms with Crippen molar-refractivity contribution in [3.05, 3.63) is 30.3 Å². The van der Waals surface area contributed by atoms with Gasteiger partial charge in [0.1, 0.15) is 5.75 Å². The Bertz CT molecular complexity index is 508. The van der Waals surface area contributed by atoms with Gasteiger partial charge in [0.05, 0.1) is 12.8 Å². The predicted molar refractivity (Wildman–Crippen MR) is 75.8 cm³/mol. The lowest BCUT2D eigenvalue weighted by atomic mass is 9.96. The highest BCUT2D eigenvalue weighted by atomic mass is 16.6. The van der Waals surface area contributed by atoms with E-state index >= 15 is 0 Å². The maximum Gasteiger partial charge on any atom is 0.336 e. The SMILES string of the molecule is CC(O)Oc1ccccc1.O=C(O)CC(O)(CC(=O)O)C(=O)O. The number of carbonyl (C=O) groups is 3. The molecule has 23 heavy (non-hydrogen) atoms. The number of para-hydroxylation sites is 1. The van der Waals surface area contributed by atoms with Crippen LogP contribution in [0.25, 0.3) is 0 Å². The second kappa shape index (κ2) is 9.38. The normalized spacial score (nSPS) is 11.6. The van der Waals surface area contributed by atoms with Crippen molar-refractivity contribution in [2.45, 2.75) is 31.7 Å². The lowest BCUT2D eigenvalue weighted by Gasteiger charge is -2.18. The highest BCUT2D eigenvalue weighted by Gasteiger charge is 2.40. The third kappa shape index (κ3) is 9.06. The van der Waals surface area contributed by atoms with E-state index in [1.54, 1.807) is 19.1 Å². The molecule has 0 saturated heterocycles. The van der Waals surface area contributed by atoms with Crippen LogP contribution in [0.5, 0.6) is 5.75 Å². The van der Waals surface area contributed by atoms with E-state index < -0.39 is 42.6 Å². The van der Waals surface area contributed by atoms with Gasteiger partial charge in [-0.25, -0.2) is 4.79 Å². The Morgan fingerprint density at radius 3 is 1.78 bits per heavy atom.